The number of hydrogen-bond acceptors (Lipinski definition) is 4. The Morgan fingerprint density at radius 3 is 2.84 bits per heavy atom. The van der Waals surface area contributed by atoms with Crippen LogP contribution in [0.2, 0.25) is 0 Å². The Labute approximate surface area is 112 Å². The van der Waals surface area contributed by atoms with Crippen LogP contribution in [0.1, 0.15) is 6.92 Å². The number of guanidine groups is 1. The van der Waals surface area contributed by atoms with E-state index in [0.29, 0.717) is 19.0 Å². The number of nitrogens with one attached hydrogen (secondary N) is 1. The monoisotopic (exact) mass is 264 g/mol. The second-order valence-electron chi connectivity index (χ2n) is 4.57. The van der Waals surface area contributed by atoms with Gasteiger partial charge in [0.1, 0.15) is 0 Å². The van der Waals surface area contributed by atoms with E-state index in [1.165, 1.54) is 0 Å². The highest BCUT2D eigenvalue weighted by Gasteiger charge is 2.26. The number of aliphatic imine (C=N–C) groups is 1. The number of hydrogen-bond donors (Lipinski definition) is 3. The zero-order valence-corrected chi connectivity index (χ0v) is 11.0. The lowest BCUT2D eigenvalue weighted by Gasteiger charge is -2.37. The molecule has 4 N–H and O–H groups in total. The molecule has 1 saturated heterocycles. The van der Waals surface area contributed by atoms with Crippen molar-refractivity contribution in [2.45, 2.75) is 19.1 Å². The molecule has 6 heteroatoms. The van der Waals surface area contributed by atoms with Gasteiger partial charge in [-0.15, -0.1) is 0 Å². The van der Waals surface area contributed by atoms with Gasteiger partial charge in [0.15, 0.2) is 0 Å². The summed E-state index contributed by atoms with van der Waals surface area (Å²) < 4.78 is 5.60. The summed E-state index contributed by atoms with van der Waals surface area (Å²) in [6.45, 7) is 3.21. The third kappa shape index (κ3) is 3.66. The molecule has 0 spiro atoms. The largest absolute Gasteiger partial charge is 0.394 e. The normalized spacial score (nSPS) is 24.4. The first-order valence-corrected chi connectivity index (χ1v) is 6.34. The number of morpholine rings is 1. The second-order valence-corrected chi connectivity index (χ2v) is 4.57. The van der Waals surface area contributed by atoms with Gasteiger partial charge in [-0.25, -0.2) is 10.8 Å². The molecule has 0 radical (unpaired) electrons. The van der Waals surface area contributed by atoms with Crippen molar-refractivity contribution >= 4 is 11.6 Å². The molecule has 1 aliphatic rings. The lowest BCUT2D eigenvalue weighted by molar-refractivity contribution is -0.0791. The van der Waals surface area contributed by atoms with Crippen LogP contribution in [0.4, 0.5) is 5.69 Å². The molecule has 6 nitrogen and oxygen atoms in total. The molecule has 2 atom stereocenters. The Morgan fingerprint density at radius 2 is 2.21 bits per heavy atom. The van der Waals surface area contributed by atoms with Crippen LogP contribution >= 0.6 is 0 Å². The molecule has 1 aliphatic heterocycles. The molecule has 19 heavy (non-hydrogen) atoms. The van der Waals surface area contributed by atoms with Gasteiger partial charge in [0.2, 0.25) is 5.96 Å². The molecule has 0 aromatic heterocycles. The number of hydrazine groups is 1. The van der Waals surface area contributed by atoms with Crippen molar-refractivity contribution in [2.75, 3.05) is 19.7 Å². The Morgan fingerprint density at radius 1 is 1.47 bits per heavy atom. The van der Waals surface area contributed by atoms with E-state index in [1.807, 2.05) is 42.2 Å². The molecule has 0 amide bonds. The lowest BCUT2D eigenvalue weighted by Crippen LogP contribution is -2.55. The molecule has 2 unspecified atom stereocenters. The van der Waals surface area contributed by atoms with Crippen molar-refractivity contribution in [3.05, 3.63) is 30.3 Å². The molecule has 104 valence electrons. The Hall–Kier alpha value is -1.63. The van der Waals surface area contributed by atoms with Crippen LogP contribution < -0.4 is 11.3 Å². The van der Waals surface area contributed by atoms with Crippen molar-refractivity contribution in [3.63, 3.8) is 0 Å². The zero-order chi connectivity index (χ0) is 13.7. The van der Waals surface area contributed by atoms with E-state index >= 15 is 0 Å². The van der Waals surface area contributed by atoms with Gasteiger partial charge in [-0.1, -0.05) is 18.2 Å². The Kier molecular flexibility index (Phi) is 4.73. The molecule has 0 aliphatic carbocycles. The summed E-state index contributed by atoms with van der Waals surface area (Å²) in [5, 5.41) is 9.23. The number of aliphatic hydroxyl groups is 1. The fourth-order valence-electron chi connectivity index (χ4n) is 2.14. The first kappa shape index (κ1) is 13.8. The maximum Gasteiger partial charge on any atom is 0.213 e. The molecule has 0 bridgehead atoms. The standard InChI is InChI=1S/C13H20N4O2/c1-10-7-17(8-12(9-18)19-10)13(16-14)15-11-5-3-2-4-6-11/h2-6,10,12,18H,7-9,14H2,1H3,(H,15,16). The topological polar surface area (TPSA) is 83.1 Å². The van der Waals surface area contributed by atoms with Crippen molar-refractivity contribution in [1.29, 1.82) is 0 Å². The van der Waals surface area contributed by atoms with Gasteiger partial charge in [-0.3, -0.25) is 5.43 Å². The molecule has 0 saturated carbocycles. The smallest absolute Gasteiger partial charge is 0.213 e. The van der Waals surface area contributed by atoms with Gasteiger partial charge in [0.25, 0.3) is 0 Å². The molecule has 1 aromatic rings. The SMILES string of the molecule is CC1CN(C(=Nc2ccccc2)NN)CC(CO)O1. The highest BCUT2D eigenvalue weighted by Crippen LogP contribution is 2.14. The number of aliphatic hydroxyl groups excluding tert-OH is 1. The third-order valence-corrected chi connectivity index (χ3v) is 2.95. The average Bonchev–Trinajstić information content (AvgIpc) is 2.45. The summed E-state index contributed by atoms with van der Waals surface area (Å²) in [7, 11) is 0. The second kappa shape index (κ2) is 6.51. The number of ether oxygens (including phenoxy) is 1. The maximum atomic E-state index is 9.23. The summed E-state index contributed by atoms with van der Waals surface area (Å²) in [5.41, 5.74) is 3.45. The predicted octanol–water partition coefficient (Wildman–Crippen LogP) is 0.219. The Bertz CT molecular complexity index is 424. The van der Waals surface area contributed by atoms with Crippen LogP contribution in [0.15, 0.2) is 35.3 Å². The third-order valence-electron chi connectivity index (χ3n) is 2.95. The minimum Gasteiger partial charge on any atom is -0.394 e. The Balaban J connectivity index is 2.15. The first-order chi connectivity index (χ1) is 9.22. The van der Waals surface area contributed by atoms with Gasteiger partial charge in [-0.2, -0.15) is 0 Å². The van der Waals surface area contributed by atoms with Crippen LogP contribution in [0, 0.1) is 0 Å². The number of nitrogens with zero attached hydrogens (tertiary/aromatic N) is 2. The van der Waals surface area contributed by atoms with Crippen LogP contribution in [-0.4, -0.2) is 47.9 Å². The number of nitrogens with two attached hydrogens (primary N) is 1. The van der Waals surface area contributed by atoms with Crippen LogP contribution in [-0.2, 0) is 4.74 Å². The number of para-hydroxylation sites is 1. The summed E-state index contributed by atoms with van der Waals surface area (Å²) in [6, 6.07) is 9.60. The summed E-state index contributed by atoms with van der Waals surface area (Å²) in [6.07, 6.45) is -0.182. The molecular formula is C13H20N4O2. The fourth-order valence-corrected chi connectivity index (χ4v) is 2.14. The molecule has 2 rings (SSSR count). The minimum atomic E-state index is -0.210. The molecule has 1 fully saturated rings. The van der Waals surface area contributed by atoms with E-state index in [2.05, 4.69) is 10.4 Å². The maximum absolute atomic E-state index is 9.23. The number of benzene rings is 1. The first-order valence-electron chi connectivity index (χ1n) is 6.34. The molecular weight excluding hydrogens is 244 g/mol. The average molecular weight is 264 g/mol. The molecule has 1 aromatic carbocycles. The van der Waals surface area contributed by atoms with Gasteiger partial charge >= 0.3 is 0 Å². The van der Waals surface area contributed by atoms with Crippen LogP contribution in [0.25, 0.3) is 0 Å². The molecule has 1 heterocycles. The summed E-state index contributed by atoms with van der Waals surface area (Å²) in [4.78, 5) is 6.46. The highest BCUT2D eigenvalue weighted by molar-refractivity contribution is 5.82. The number of rotatable bonds is 2. The summed E-state index contributed by atoms with van der Waals surface area (Å²) in [5.74, 6) is 6.14. The minimum absolute atomic E-state index is 0.00989. The van der Waals surface area contributed by atoms with Crippen molar-refractivity contribution in [3.8, 4) is 0 Å². The van der Waals surface area contributed by atoms with Gasteiger partial charge in [-0.05, 0) is 19.1 Å². The van der Waals surface area contributed by atoms with E-state index in [1.54, 1.807) is 0 Å². The van der Waals surface area contributed by atoms with Gasteiger partial charge in [0, 0.05) is 13.1 Å². The van der Waals surface area contributed by atoms with Crippen LogP contribution in [0.5, 0.6) is 0 Å². The van der Waals surface area contributed by atoms with E-state index < -0.39 is 0 Å². The van der Waals surface area contributed by atoms with E-state index in [9.17, 15) is 5.11 Å². The van der Waals surface area contributed by atoms with Gasteiger partial charge < -0.3 is 14.7 Å². The predicted molar refractivity (Wildman–Crippen MR) is 73.9 cm³/mol. The van der Waals surface area contributed by atoms with Crippen molar-refractivity contribution in [1.82, 2.24) is 10.3 Å². The van der Waals surface area contributed by atoms with E-state index in [4.69, 9.17) is 10.6 Å². The van der Waals surface area contributed by atoms with Crippen LogP contribution in [0.3, 0.4) is 0 Å². The van der Waals surface area contributed by atoms with E-state index in [0.717, 1.165) is 5.69 Å². The van der Waals surface area contributed by atoms with Crippen molar-refractivity contribution in [2.24, 2.45) is 10.8 Å². The quantitative estimate of drug-likeness (QED) is 0.308. The highest BCUT2D eigenvalue weighted by atomic mass is 16.5. The van der Waals surface area contributed by atoms with Crippen molar-refractivity contribution < 1.29 is 9.84 Å². The zero-order valence-electron chi connectivity index (χ0n) is 11.0. The van der Waals surface area contributed by atoms with E-state index in [-0.39, 0.29) is 18.8 Å². The fraction of sp³-hybridized carbons (Fsp3) is 0.462. The lowest BCUT2D eigenvalue weighted by atomic mass is 10.2. The summed E-state index contributed by atoms with van der Waals surface area (Å²) >= 11 is 0. The van der Waals surface area contributed by atoms with Gasteiger partial charge in [0.05, 0.1) is 24.5 Å².